The summed E-state index contributed by atoms with van der Waals surface area (Å²) >= 11 is 6.13. The predicted molar refractivity (Wildman–Crippen MR) is 157 cm³/mol. The van der Waals surface area contributed by atoms with E-state index in [4.69, 9.17) is 35.8 Å². The molecule has 41 heavy (non-hydrogen) atoms. The monoisotopic (exact) mass is 567 g/mol. The lowest BCUT2D eigenvalue weighted by atomic mass is 10.0. The van der Waals surface area contributed by atoms with Crippen LogP contribution in [0.5, 0.6) is 11.5 Å². The zero-order valence-electron chi connectivity index (χ0n) is 22.4. The summed E-state index contributed by atoms with van der Waals surface area (Å²) in [6, 6.07) is 27.2. The van der Waals surface area contributed by atoms with Gasteiger partial charge in [-0.05, 0) is 78.4 Å². The topological polar surface area (TPSA) is 99.6 Å². The van der Waals surface area contributed by atoms with E-state index in [1.54, 1.807) is 38.5 Å². The first-order chi connectivity index (χ1) is 19.9. The number of halogens is 1. The molecule has 0 radical (unpaired) electrons. The van der Waals surface area contributed by atoms with Crippen LogP contribution in [-0.4, -0.2) is 42.7 Å². The fourth-order valence-corrected chi connectivity index (χ4v) is 4.39. The highest BCUT2D eigenvalue weighted by Gasteiger charge is 2.17. The highest BCUT2D eigenvalue weighted by Crippen LogP contribution is 2.33. The molecular weight excluding hydrogens is 542 g/mol. The predicted octanol–water partition coefficient (Wildman–Crippen LogP) is 6.11. The van der Waals surface area contributed by atoms with Crippen molar-refractivity contribution in [1.29, 1.82) is 0 Å². The number of nitrogens with zero attached hydrogens (tertiary/aromatic N) is 2. The van der Waals surface area contributed by atoms with Gasteiger partial charge in [0.05, 0.1) is 42.2 Å². The third-order valence-corrected chi connectivity index (χ3v) is 6.76. The van der Waals surface area contributed by atoms with E-state index < -0.39 is 18.5 Å². The fraction of sp³-hybridized carbons (Fsp3) is 0.125. The van der Waals surface area contributed by atoms with Crippen LogP contribution in [0.3, 0.4) is 0 Å². The lowest BCUT2D eigenvalue weighted by molar-refractivity contribution is -0.124. The van der Waals surface area contributed by atoms with Gasteiger partial charge < -0.3 is 19.5 Å². The Morgan fingerprint density at radius 1 is 0.756 bits per heavy atom. The molecule has 5 rings (SSSR count). The zero-order chi connectivity index (χ0) is 28.8. The number of aromatic nitrogens is 2. The molecule has 1 aromatic heterocycles. The summed E-state index contributed by atoms with van der Waals surface area (Å²) in [6.07, 6.45) is 0. The van der Waals surface area contributed by atoms with Gasteiger partial charge >= 0.3 is 5.97 Å². The number of hydrogen-bond acceptors (Lipinski definition) is 7. The minimum atomic E-state index is -0.646. The molecule has 0 spiro atoms. The van der Waals surface area contributed by atoms with E-state index in [0.29, 0.717) is 27.4 Å². The Balaban J connectivity index is 1.39. The summed E-state index contributed by atoms with van der Waals surface area (Å²) in [7, 11) is 3.22. The molecule has 0 aliphatic rings. The number of benzene rings is 4. The van der Waals surface area contributed by atoms with Crippen LogP contribution in [0.25, 0.3) is 33.5 Å². The Labute approximate surface area is 241 Å². The molecule has 8 nitrogen and oxygen atoms in total. The molecule has 1 heterocycles. The number of ether oxygens (including phenoxy) is 3. The quantitative estimate of drug-likeness (QED) is 0.215. The number of hydrogen-bond donors (Lipinski definition) is 1. The highest BCUT2D eigenvalue weighted by atomic mass is 35.5. The lowest BCUT2D eigenvalue weighted by Crippen LogP contribution is -2.28. The molecule has 206 valence electrons. The van der Waals surface area contributed by atoms with Crippen LogP contribution < -0.4 is 14.8 Å². The van der Waals surface area contributed by atoms with Crippen LogP contribution in [0.4, 0.5) is 0 Å². The maximum atomic E-state index is 12.8. The van der Waals surface area contributed by atoms with Crippen molar-refractivity contribution < 1.29 is 23.8 Å². The SMILES string of the molecule is COc1ccc(-c2nc3ccc(C(=O)OCC(=O)NCc4ccccc4Cl)cc3nc2-c2ccc(OC)cc2)cc1. The molecule has 0 aliphatic heterocycles. The number of esters is 1. The second-order valence-corrected chi connectivity index (χ2v) is 9.43. The van der Waals surface area contributed by atoms with Crippen LogP contribution >= 0.6 is 11.6 Å². The van der Waals surface area contributed by atoms with Crippen molar-refractivity contribution in [2.75, 3.05) is 20.8 Å². The molecule has 0 unspecified atom stereocenters. The average Bonchev–Trinajstić information content (AvgIpc) is 3.02. The van der Waals surface area contributed by atoms with Crippen molar-refractivity contribution in [2.24, 2.45) is 0 Å². The minimum absolute atomic E-state index is 0.228. The van der Waals surface area contributed by atoms with Crippen LogP contribution in [0.15, 0.2) is 91.0 Å². The van der Waals surface area contributed by atoms with E-state index in [1.165, 1.54) is 0 Å². The van der Waals surface area contributed by atoms with Gasteiger partial charge in [0.2, 0.25) is 0 Å². The van der Waals surface area contributed by atoms with Crippen LogP contribution in [-0.2, 0) is 16.1 Å². The first-order valence-corrected chi connectivity index (χ1v) is 13.1. The van der Waals surface area contributed by atoms with Gasteiger partial charge in [-0.1, -0.05) is 29.8 Å². The summed E-state index contributed by atoms with van der Waals surface area (Å²) in [5, 5.41) is 3.25. The molecule has 9 heteroatoms. The molecular formula is C32H26ClN3O5. The van der Waals surface area contributed by atoms with Gasteiger partial charge in [-0.25, -0.2) is 14.8 Å². The standard InChI is InChI=1S/C32H26ClN3O5/c1-39-24-12-7-20(8-13-24)30-31(21-9-14-25(40-2)15-10-21)36-28-17-22(11-16-27(28)35-30)32(38)41-19-29(37)34-18-23-5-3-4-6-26(23)33/h3-17H,18-19H2,1-2H3,(H,34,37). The van der Waals surface area contributed by atoms with E-state index in [-0.39, 0.29) is 12.1 Å². The Morgan fingerprint density at radius 3 is 1.93 bits per heavy atom. The summed E-state index contributed by atoms with van der Waals surface area (Å²) in [5.74, 6) is 0.361. The molecule has 0 saturated heterocycles. The highest BCUT2D eigenvalue weighted by molar-refractivity contribution is 6.31. The van der Waals surface area contributed by atoms with E-state index in [9.17, 15) is 9.59 Å². The molecule has 0 atom stereocenters. The van der Waals surface area contributed by atoms with Gasteiger partial charge in [-0.15, -0.1) is 0 Å². The largest absolute Gasteiger partial charge is 0.497 e. The third kappa shape index (κ3) is 6.45. The maximum absolute atomic E-state index is 12.8. The normalized spacial score (nSPS) is 10.7. The van der Waals surface area contributed by atoms with Gasteiger partial charge in [-0.2, -0.15) is 0 Å². The van der Waals surface area contributed by atoms with Gasteiger partial charge in [0.1, 0.15) is 11.5 Å². The zero-order valence-corrected chi connectivity index (χ0v) is 23.1. The van der Waals surface area contributed by atoms with Gasteiger partial charge in [0, 0.05) is 22.7 Å². The van der Waals surface area contributed by atoms with Crippen molar-refractivity contribution in [2.45, 2.75) is 6.54 Å². The summed E-state index contributed by atoms with van der Waals surface area (Å²) < 4.78 is 15.9. The number of amides is 1. The van der Waals surface area contributed by atoms with Crippen LogP contribution in [0.1, 0.15) is 15.9 Å². The average molecular weight is 568 g/mol. The van der Waals surface area contributed by atoms with Crippen molar-refractivity contribution in [1.82, 2.24) is 15.3 Å². The van der Waals surface area contributed by atoms with Crippen molar-refractivity contribution in [3.05, 3.63) is 107 Å². The van der Waals surface area contributed by atoms with Crippen molar-refractivity contribution in [3.8, 4) is 34.0 Å². The van der Waals surface area contributed by atoms with Gasteiger partial charge in [-0.3, -0.25) is 4.79 Å². The Bertz CT molecular complexity index is 1710. The third-order valence-electron chi connectivity index (χ3n) is 6.40. The molecule has 0 bridgehead atoms. The number of rotatable bonds is 9. The van der Waals surface area contributed by atoms with E-state index in [2.05, 4.69) is 5.32 Å². The molecule has 0 aliphatic carbocycles. The summed E-state index contributed by atoms with van der Waals surface area (Å²) in [5.41, 5.74) is 5.12. The Morgan fingerprint density at radius 2 is 1.34 bits per heavy atom. The second kappa shape index (κ2) is 12.5. The fourth-order valence-electron chi connectivity index (χ4n) is 4.18. The number of nitrogens with one attached hydrogen (secondary N) is 1. The first-order valence-electron chi connectivity index (χ1n) is 12.7. The minimum Gasteiger partial charge on any atom is -0.497 e. The summed E-state index contributed by atoms with van der Waals surface area (Å²) in [4.78, 5) is 34.9. The smallest absolute Gasteiger partial charge is 0.338 e. The number of carbonyl (C=O) groups is 2. The van der Waals surface area contributed by atoms with Gasteiger partial charge in [0.25, 0.3) is 5.91 Å². The number of carbonyl (C=O) groups excluding carboxylic acids is 2. The summed E-state index contributed by atoms with van der Waals surface area (Å²) in [6.45, 7) is -0.202. The van der Waals surface area contributed by atoms with E-state index in [0.717, 1.165) is 28.2 Å². The van der Waals surface area contributed by atoms with Crippen LogP contribution in [0.2, 0.25) is 5.02 Å². The van der Waals surface area contributed by atoms with Gasteiger partial charge in [0.15, 0.2) is 6.61 Å². The Kier molecular flexibility index (Phi) is 8.41. The Hall–Kier alpha value is -4.95. The lowest BCUT2D eigenvalue weighted by Gasteiger charge is -2.12. The van der Waals surface area contributed by atoms with Crippen LogP contribution in [0, 0.1) is 0 Å². The molecule has 1 amide bonds. The van der Waals surface area contributed by atoms with Crippen molar-refractivity contribution in [3.63, 3.8) is 0 Å². The van der Waals surface area contributed by atoms with Crippen molar-refractivity contribution >= 4 is 34.5 Å². The molecule has 5 aromatic rings. The molecule has 0 saturated carbocycles. The van der Waals surface area contributed by atoms with E-state index >= 15 is 0 Å². The maximum Gasteiger partial charge on any atom is 0.338 e. The van der Waals surface area contributed by atoms with E-state index in [1.807, 2.05) is 66.7 Å². The molecule has 0 fully saturated rings. The molecule has 4 aromatic carbocycles. The first kappa shape index (κ1) is 27.6. The number of fused-ring (bicyclic) bond motifs is 1. The number of methoxy groups -OCH3 is 2. The second-order valence-electron chi connectivity index (χ2n) is 9.03. The molecule has 1 N–H and O–H groups in total.